The van der Waals surface area contributed by atoms with Crippen LogP contribution in [0.2, 0.25) is 0 Å². The number of carbonyl (C=O) groups excluding carboxylic acids is 2. The molecule has 154 valence electrons. The van der Waals surface area contributed by atoms with Crippen molar-refractivity contribution in [3.8, 4) is 0 Å². The molecule has 6 heteroatoms. The molecular weight excluding hydrogens is 366 g/mol. The van der Waals surface area contributed by atoms with E-state index in [9.17, 15) is 9.59 Å². The number of para-hydroxylation sites is 2. The van der Waals surface area contributed by atoms with Crippen molar-refractivity contribution in [3.05, 3.63) is 53.6 Å². The van der Waals surface area contributed by atoms with Crippen LogP contribution in [0.25, 0.3) is 0 Å². The van der Waals surface area contributed by atoms with Gasteiger partial charge in [0.1, 0.15) is 0 Å². The van der Waals surface area contributed by atoms with Gasteiger partial charge in [-0.25, -0.2) is 0 Å². The van der Waals surface area contributed by atoms with E-state index in [0.717, 1.165) is 41.3 Å². The van der Waals surface area contributed by atoms with Gasteiger partial charge in [0.05, 0.1) is 24.6 Å². The van der Waals surface area contributed by atoms with Gasteiger partial charge in [-0.2, -0.15) is 0 Å². The van der Waals surface area contributed by atoms with Crippen molar-refractivity contribution < 1.29 is 14.3 Å². The Morgan fingerprint density at radius 1 is 1.07 bits per heavy atom. The van der Waals surface area contributed by atoms with E-state index in [4.69, 9.17) is 4.74 Å². The van der Waals surface area contributed by atoms with Gasteiger partial charge in [-0.3, -0.25) is 9.59 Å². The van der Waals surface area contributed by atoms with Gasteiger partial charge in [-0.1, -0.05) is 24.3 Å². The van der Waals surface area contributed by atoms with E-state index in [0.29, 0.717) is 19.8 Å². The summed E-state index contributed by atoms with van der Waals surface area (Å²) in [5.74, 6) is -0.178. The van der Waals surface area contributed by atoms with E-state index >= 15 is 0 Å². The quantitative estimate of drug-likeness (QED) is 0.813. The molecule has 1 N–H and O–H groups in total. The summed E-state index contributed by atoms with van der Waals surface area (Å²) in [5, 5.41) is 3.02. The second-order valence-corrected chi connectivity index (χ2v) is 7.30. The molecule has 0 atom stereocenters. The van der Waals surface area contributed by atoms with Crippen molar-refractivity contribution in [1.82, 2.24) is 0 Å². The van der Waals surface area contributed by atoms with Gasteiger partial charge in [0.25, 0.3) is 0 Å². The smallest absolute Gasteiger partial charge is 0.226 e. The van der Waals surface area contributed by atoms with E-state index in [1.807, 2.05) is 56.3 Å². The molecule has 0 spiro atoms. The van der Waals surface area contributed by atoms with Gasteiger partial charge in [0.15, 0.2) is 0 Å². The van der Waals surface area contributed by atoms with Crippen LogP contribution in [0.3, 0.4) is 0 Å². The summed E-state index contributed by atoms with van der Waals surface area (Å²) in [6, 6.07) is 13.7. The Balaban J connectivity index is 1.68. The number of nitrogens with zero attached hydrogens (tertiary/aromatic N) is 2. The van der Waals surface area contributed by atoms with Crippen LogP contribution in [0.1, 0.15) is 24.5 Å². The largest absolute Gasteiger partial charge is 0.378 e. The van der Waals surface area contributed by atoms with Crippen LogP contribution in [0.15, 0.2) is 42.5 Å². The normalized spacial score (nSPS) is 13.8. The lowest BCUT2D eigenvalue weighted by Crippen LogP contribution is -2.37. The number of ether oxygens (including phenoxy) is 1. The predicted octanol–water partition coefficient (Wildman–Crippen LogP) is 3.52. The first-order valence-corrected chi connectivity index (χ1v) is 10.0. The van der Waals surface area contributed by atoms with Crippen LogP contribution in [0, 0.1) is 13.8 Å². The maximum Gasteiger partial charge on any atom is 0.226 e. The maximum absolute atomic E-state index is 12.7. The summed E-state index contributed by atoms with van der Waals surface area (Å²) < 4.78 is 5.42. The average molecular weight is 396 g/mol. The first-order chi connectivity index (χ1) is 14.0. The molecule has 3 rings (SSSR count). The molecule has 1 aliphatic rings. The molecule has 0 aliphatic carbocycles. The minimum atomic E-state index is -0.109. The Labute approximate surface area is 172 Å². The molecule has 0 bridgehead atoms. The van der Waals surface area contributed by atoms with E-state index in [-0.39, 0.29) is 18.2 Å². The van der Waals surface area contributed by atoms with E-state index in [1.54, 1.807) is 4.90 Å². The number of carbonyl (C=O) groups is 2. The Morgan fingerprint density at radius 3 is 2.52 bits per heavy atom. The van der Waals surface area contributed by atoms with Crippen molar-refractivity contribution >= 4 is 28.9 Å². The second-order valence-electron chi connectivity index (χ2n) is 7.30. The van der Waals surface area contributed by atoms with Crippen molar-refractivity contribution in [3.63, 3.8) is 0 Å². The summed E-state index contributed by atoms with van der Waals surface area (Å²) in [6.07, 6.45) is 0.227. The van der Waals surface area contributed by atoms with Gasteiger partial charge in [0.2, 0.25) is 11.8 Å². The van der Waals surface area contributed by atoms with E-state index in [2.05, 4.69) is 10.2 Å². The van der Waals surface area contributed by atoms with Crippen LogP contribution in [0.5, 0.6) is 0 Å². The summed E-state index contributed by atoms with van der Waals surface area (Å²) in [7, 11) is 0. The lowest BCUT2D eigenvalue weighted by atomic mass is 10.1. The summed E-state index contributed by atoms with van der Waals surface area (Å²) >= 11 is 0. The lowest BCUT2D eigenvalue weighted by molar-refractivity contribution is -0.117. The van der Waals surface area contributed by atoms with E-state index in [1.165, 1.54) is 6.92 Å². The van der Waals surface area contributed by atoms with Crippen molar-refractivity contribution in [1.29, 1.82) is 0 Å². The van der Waals surface area contributed by atoms with Gasteiger partial charge in [-0.05, 0) is 43.2 Å². The highest BCUT2D eigenvalue weighted by Crippen LogP contribution is 2.27. The van der Waals surface area contributed by atoms with Crippen molar-refractivity contribution in [2.75, 3.05) is 48.0 Å². The summed E-state index contributed by atoms with van der Waals surface area (Å²) in [5.41, 5.74) is 4.83. The number of benzene rings is 2. The molecule has 29 heavy (non-hydrogen) atoms. The molecule has 0 radical (unpaired) electrons. The number of anilines is 3. The molecule has 2 amide bonds. The summed E-state index contributed by atoms with van der Waals surface area (Å²) in [6.45, 7) is 8.87. The number of amides is 2. The minimum Gasteiger partial charge on any atom is -0.378 e. The maximum atomic E-state index is 12.7. The first-order valence-electron chi connectivity index (χ1n) is 10.0. The highest BCUT2D eigenvalue weighted by Gasteiger charge is 2.18. The minimum absolute atomic E-state index is 0.0692. The number of hydrogen-bond donors (Lipinski definition) is 1. The molecule has 2 aromatic rings. The first kappa shape index (κ1) is 20.9. The van der Waals surface area contributed by atoms with Crippen LogP contribution in [0.4, 0.5) is 17.1 Å². The Kier molecular flexibility index (Phi) is 6.88. The number of rotatable bonds is 6. The molecule has 1 fully saturated rings. The Bertz CT molecular complexity index is 875. The van der Waals surface area contributed by atoms with Crippen molar-refractivity contribution in [2.45, 2.75) is 27.2 Å². The molecule has 0 unspecified atom stereocenters. The van der Waals surface area contributed by atoms with Gasteiger partial charge in [-0.15, -0.1) is 0 Å². The zero-order valence-electron chi connectivity index (χ0n) is 17.4. The zero-order chi connectivity index (χ0) is 20.8. The average Bonchev–Trinajstić information content (AvgIpc) is 2.72. The second kappa shape index (κ2) is 9.56. The fourth-order valence-electron chi connectivity index (χ4n) is 3.56. The van der Waals surface area contributed by atoms with Crippen LogP contribution < -0.4 is 15.1 Å². The zero-order valence-corrected chi connectivity index (χ0v) is 17.4. The molecule has 2 aromatic carbocycles. The van der Waals surface area contributed by atoms with Crippen LogP contribution in [-0.4, -0.2) is 44.7 Å². The molecule has 6 nitrogen and oxygen atoms in total. The fourth-order valence-corrected chi connectivity index (χ4v) is 3.56. The third-order valence-electron chi connectivity index (χ3n) is 5.34. The number of nitrogens with one attached hydrogen (secondary N) is 1. The standard InChI is InChI=1S/C23H29N3O3/c1-17-7-6-10-21(18(17)2)26(19(3)27)12-11-23(28)24-20-8-4-5-9-22(20)25-13-15-29-16-14-25/h4-10H,11-16H2,1-3H3,(H,24,28). The molecule has 0 aromatic heterocycles. The third-order valence-corrected chi connectivity index (χ3v) is 5.34. The third kappa shape index (κ3) is 5.15. The molecule has 1 aliphatic heterocycles. The van der Waals surface area contributed by atoms with Crippen molar-refractivity contribution in [2.24, 2.45) is 0 Å². The molecule has 1 heterocycles. The van der Waals surface area contributed by atoms with Gasteiger partial charge >= 0.3 is 0 Å². The predicted molar refractivity (Wildman–Crippen MR) is 117 cm³/mol. The van der Waals surface area contributed by atoms with Gasteiger partial charge < -0.3 is 19.9 Å². The monoisotopic (exact) mass is 395 g/mol. The lowest BCUT2D eigenvalue weighted by Gasteiger charge is -2.30. The highest BCUT2D eigenvalue weighted by atomic mass is 16.5. The number of hydrogen-bond acceptors (Lipinski definition) is 4. The van der Waals surface area contributed by atoms with Gasteiger partial charge in [0, 0.05) is 38.7 Å². The fraction of sp³-hybridized carbons (Fsp3) is 0.391. The Morgan fingerprint density at radius 2 is 1.79 bits per heavy atom. The SMILES string of the molecule is CC(=O)N(CCC(=O)Nc1ccccc1N1CCOCC1)c1cccc(C)c1C. The summed E-state index contributed by atoms with van der Waals surface area (Å²) in [4.78, 5) is 28.8. The molecule has 1 saturated heterocycles. The van der Waals surface area contributed by atoms with Crippen LogP contribution >= 0.6 is 0 Å². The molecule has 0 saturated carbocycles. The Hall–Kier alpha value is -2.86. The van der Waals surface area contributed by atoms with Crippen LogP contribution in [-0.2, 0) is 14.3 Å². The number of aryl methyl sites for hydroxylation is 1. The highest BCUT2D eigenvalue weighted by molar-refractivity contribution is 5.97. The molecular formula is C23H29N3O3. The topological polar surface area (TPSA) is 61.9 Å². The number of morpholine rings is 1. The van der Waals surface area contributed by atoms with E-state index < -0.39 is 0 Å².